The van der Waals surface area contributed by atoms with Gasteiger partial charge in [-0.25, -0.2) is 0 Å². The van der Waals surface area contributed by atoms with Crippen molar-refractivity contribution < 1.29 is 14.4 Å². The monoisotopic (exact) mass is 227 g/mol. The zero-order valence-electron chi connectivity index (χ0n) is 9.73. The summed E-state index contributed by atoms with van der Waals surface area (Å²) < 4.78 is 4.70. The van der Waals surface area contributed by atoms with E-state index in [4.69, 9.17) is 9.63 Å². The van der Waals surface area contributed by atoms with Crippen LogP contribution in [0.25, 0.3) is 0 Å². The molecule has 0 saturated heterocycles. The van der Waals surface area contributed by atoms with Crippen molar-refractivity contribution in [3.63, 3.8) is 0 Å². The van der Waals surface area contributed by atoms with Crippen molar-refractivity contribution in [2.24, 2.45) is 5.92 Å². The number of aliphatic hydroxyl groups excluding tert-OH is 1. The van der Waals surface area contributed by atoms with Crippen molar-refractivity contribution >= 4 is 5.91 Å². The quantitative estimate of drug-likeness (QED) is 0.765. The van der Waals surface area contributed by atoms with Crippen LogP contribution in [0.5, 0.6) is 0 Å². The molecule has 0 bridgehead atoms. The molecule has 0 radical (unpaired) electrons. The van der Waals surface area contributed by atoms with E-state index in [2.05, 4.69) is 15.5 Å². The smallest absolute Gasteiger partial charge is 0.292 e. The fourth-order valence-corrected chi connectivity index (χ4v) is 1.39. The largest absolute Gasteiger partial charge is 0.394 e. The van der Waals surface area contributed by atoms with Gasteiger partial charge in [0.2, 0.25) is 5.89 Å². The zero-order chi connectivity index (χ0) is 12.1. The van der Waals surface area contributed by atoms with Crippen LogP contribution < -0.4 is 5.32 Å². The average molecular weight is 227 g/mol. The van der Waals surface area contributed by atoms with Gasteiger partial charge in [0, 0.05) is 6.92 Å². The van der Waals surface area contributed by atoms with Crippen molar-refractivity contribution in [2.45, 2.75) is 33.2 Å². The number of carbonyl (C=O) groups excluding carboxylic acids is 1. The number of aromatic nitrogens is 2. The van der Waals surface area contributed by atoms with E-state index in [1.807, 2.05) is 13.8 Å². The van der Waals surface area contributed by atoms with E-state index in [0.717, 1.165) is 0 Å². The Kier molecular flexibility index (Phi) is 4.42. The third kappa shape index (κ3) is 3.62. The molecule has 0 aliphatic carbocycles. The summed E-state index contributed by atoms with van der Waals surface area (Å²) in [6, 6.07) is -0.272. The van der Waals surface area contributed by atoms with Crippen molar-refractivity contribution in [2.75, 3.05) is 6.61 Å². The van der Waals surface area contributed by atoms with Gasteiger partial charge in [-0.05, 0) is 12.3 Å². The second-order valence-electron chi connectivity index (χ2n) is 4.12. The van der Waals surface area contributed by atoms with Gasteiger partial charge in [-0.3, -0.25) is 4.79 Å². The predicted molar refractivity (Wildman–Crippen MR) is 56.8 cm³/mol. The van der Waals surface area contributed by atoms with Crippen LogP contribution in [0.1, 0.15) is 36.8 Å². The summed E-state index contributed by atoms with van der Waals surface area (Å²) in [5.74, 6) is 0.315. The molecule has 0 saturated carbocycles. The highest BCUT2D eigenvalue weighted by molar-refractivity contribution is 5.90. The van der Waals surface area contributed by atoms with Gasteiger partial charge in [0.25, 0.3) is 11.7 Å². The molecule has 1 unspecified atom stereocenters. The van der Waals surface area contributed by atoms with Gasteiger partial charge < -0.3 is 14.9 Å². The Morgan fingerprint density at radius 2 is 2.25 bits per heavy atom. The van der Waals surface area contributed by atoms with Gasteiger partial charge >= 0.3 is 0 Å². The minimum Gasteiger partial charge on any atom is -0.394 e. The number of nitrogens with zero attached hydrogens (tertiary/aromatic N) is 2. The molecule has 1 rings (SSSR count). The van der Waals surface area contributed by atoms with Gasteiger partial charge in [0.15, 0.2) is 0 Å². The number of hydrogen-bond donors (Lipinski definition) is 2. The first-order valence-electron chi connectivity index (χ1n) is 5.25. The van der Waals surface area contributed by atoms with Gasteiger partial charge in [-0.2, -0.15) is 4.98 Å². The third-order valence-corrected chi connectivity index (χ3v) is 2.04. The van der Waals surface area contributed by atoms with E-state index in [0.29, 0.717) is 18.2 Å². The Morgan fingerprint density at radius 1 is 1.56 bits per heavy atom. The average Bonchev–Trinajstić information content (AvgIpc) is 2.63. The van der Waals surface area contributed by atoms with Crippen LogP contribution in [0.4, 0.5) is 0 Å². The molecule has 0 fully saturated rings. The SMILES string of the molecule is Cc1nc(C(=O)NC(CO)CC(C)C)no1. The number of aliphatic hydroxyl groups is 1. The first kappa shape index (κ1) is 12.6. The maximum absolute atomic E-state index is 11.6. The highest BCUT2D eigenvalue weighted by Crippen LogP contribution is 2.05. The standard InChI is InChI=1S/C10H17N3O3/c1-6(2)4-8(5-14)12-10(15)9-11-7(3)16-13-9/h6,8,14H,4-5H2,1-3H3,(H,12,15). The summed E-state index contributed by atoms with van der Waals surface area (Å²) >= 11 is 0. The lowest BCUT2D eigenvalue weighted by molar-refractivity contribution is 0.0895. The van der Waals surface area contributed by atoms with Crippen molar-refractivity contribution in [1.29, 1.82) is 0 Å². The molecule has 0 aliphatic heterocycles. The number of nitrogens with one attached hydrogen (secondary N) is 1. The summed E-state index contributed by atoms with van der Waals surface area (Å²) in [6.07, 6.45) is 0.707. The Hall–Kier alpha value is -1.43. The molecule has 1 aromatic rings. The predicted octanol–water partition coefficient (Wildman–Crippen LogP) is 0.515. The lowest BCUT2D eigenvalue weighted by Crippen LogP contribution is -2.38. The molecular weight excluding hydrogens is 210 g/mol. The maximum Gasteiger partial charge on any atom is 0.292 e. The molecule has 6 heteroatoms. The Balaban J connectivity index is 2.55. The first-order valence-corrected chi connectivity index (χ1v) is 5.25. The molecule has 0 aromatic carbocycles. The van der Waals surface area contributed by atoms with Crippen LogP contribution in [-0.4, -0.2) is 33.8 Å². The lowest BCUT2D eigenvalue weighted by atomic mass is 10.0. The van der Waals surface area contributed by atoms with Crippen LogP contribution in [0.3, 0.4) is 0 Å². The molecule has 0 aliphatic rings. The molecule has 1 aromatic heterocycles. The molecular formula is C10H17N3O3. The van der Waals surface area contributed by atoms with Crippen molar-refractivity contribution in [1.82, 2.24) is 15.5 Å². The van der Waals surface area contributed by atoms with E-state index in [9.17, 15) is 4.79 Å². The summed E-state index contributed by atoms with van der Waals surface area (Å²) in [7, 11) is 0. The van der Waals surface area contributed by atoms with Crippen LogP contribution in [0, 0.1) is 12.8 Å². The maximum atomic E-state index is 11.6. The number of rotatable bonds is 5. The van der Waals surface area contributed by atoms with E-state index >= 15 is 0 Å². The third-order valence-electron chi connectivity index (χ3n) is 2.04. The van der Waals surface area contributed by atoms with Gasteiger partial charge in [0.05, 0.1) is 12.6 Å². The molecule has 1 amide bonds. The Labute approximate surface area is 94.0 Å². The summed E-state index contributed by atoms with van der Waals surface area (Å²) in [4.78, 5) is 15.4. The normalized spacial score (nSPS) is 12.8. The van der Waals surface area contributed by atoms with Gasteiger partial charge in [0.1, 0.15) is 0 Å². The minimum atomic E-state index is -0.420. The van der Waals surface area contributed by atoms with Crippen LogP contribution in [-0.2, 0) is 0 Å². The molecule has 0 spiro atoms. The van der Waals surface area contributed by atoms with E-state index in [1.54, 1.807) is 6.92 Å². The number of carbonyl (C=O) groups is 1. The summed E-state index contributed by atoms with van der Waals surface area (Å²) in [6.45, 7) is 5.56. The van der Waals surface area contributed by atoms with E-state index in [-0.39, 0.29) is 18.5 Å². The molecule has 90 valence electrons. The number of hydrogen-bond acceptors (Lipinski definition) is 5. The van der Waals surface area contributed by atoms with Crippen LogP contribution in [0.2, 0.25) is 0 Å². The van der Waals surface area contributed by atoms with Crippen LogP contribution in [0.15, 0.2) is 4.52 Å². The topological polar surface area (TPSA) is 88.2 Å². The Morgan fingerprint density at radius 3 is 2.69 bits per heavy atom. The highest BCUT2D eigenvalue weighted by Gasteiger charge is 2.18. The van der Waals surface area contributed by atoms with Gasteiger partial charge in [-0.1, -0.05) is 19.0 Å². The van der Waals surface area contributed by atoms with Crippen molar-refractivity contribution in [3.8, 4) is 0 Å². The number of aryl methyl sites for hydroxylation is 1. The molecule has 1 atom stereocenters. The molecule has 16 heavy (non-hydrogen) atoms. The fraction of sp³-hybridized carbons (Fsp3) is 0.700. The molecule has 1 heterocycles. The summed E-state index contributed by atoms with van der Waals surface area (Å²) in [5.41, 5.74) is 0. The van der Waals surface area contributed by atoms with Crippen molar-refractivity contribution in [3.05, 3.63) is 11.7 Å². The zero-order valence-corrected chi connectivity index (χ0v) is 9.73. The Bertz CT molecular complexity index is 349. The first-order chi connectivity index (χ1) is 7.52. The molecule has 2 N–H and O–H groups in total. The van der Waals surface area contributed by atoms with Crippen LogP contribution >= 0.6 is 0 Å². The number of amides is 1. The second kappa shape index (κ2) is 5.60. The van der Waals surface area contributed by atoms with E-state index in [1.165, 1.54) is 0 Å². The second-order valence-corrected chi connectivity index (χ2v) is 4.12. The van der Waals surface area contributed by atoms with E-state index < -0.39 is 5.91 Å². The van der Waals surface area contributed by atoms with Gasteiger partial charge in [-0.15, -0.1) is 0 Å². The molecule has 6 nitrogen and oxygen atoms in total. The summed E-state index contributed by atoms with van der Waals surface area (Å²) in [5, 5.41) is 15.3. The minimum absolute atomic E-state index is 0.000272. The fourth-order valence-electron chi connectivity index (χ4n) is 1.39. The lowest BCUT2D eigenvalue weighted by Gasteiger charge is -2.16. The highest BCUT2D eigenvalue weighted by atomic mass is 16.5.